The third-order valence-electron chi connectivity index (χ3n) is 2.81. The summed E-state index contributed by atoms with van der Waals surface area (Å²) in [7, 11) is 0. The minimum Gasteiger partial charge on any atom is -0.455 e. The number of hydrogen-bond acceptors (Lipinski definition) is 4. The smallest absolute Gasteiger partial charge is 0.422 e. The van der Waals surface area contributed by atoms with Gasteiger partial charge in [0, 0.05) is 11.6 Å². The highest BCUT2D eigenvalue weighted by Crippen LogP contribution is 2.16. The van der Waals surface area contributed by atoms with Crippen molar-refractivity contribution in [3.05, 3.63) is 42.1 Å². The molecule has 0 saturated carbocycles. The molecular formula is C14H15Cl2F3N2O2. The van der Waals surface area contributed by atoms with Gasteiger partial charge in [-0.25, -0.2) is 0 Å². The highest BCUT2D eigenvalue weighted by atomic mass is 35.5. The zero-order valence-electron chi connectivity index (χ0n) is 11.7. The maximum atomic E-state index is 12.0. The fraction of sp³-hybridized carbons (Fsp3) is 0.286. The second-order valence-electron chi connectivity index (χ2n) is 4.56. The summed E-state index contributed by atoms with van der Waals surface area (Å²) in [6.07, 6.45) is -2.84. The van der Waals surface area contributed by atoms with Crippen molar-refractivity contribution >= 4 is 41.7 Å². The average molecular weight is 371 g/mol. The van der Waals surface area contributed by atoms with Gasteiger partial charge in [-0.05, 0) is 24.1 Å². The minimum absolute atomic E-state index is 0. The lowest BCUT2D eigenvalue weighted by atomic mass is 10.0. The number of carbonyl (C=O) groups excluding carboxylic acids is 1. The van der Waals surface area contributed by atoms with Crippen molar-refractivity contribution in [2.45, 2.75) is 18.6 Å². The van der Waals surface area contributed by atoms with Crippen LogP contribution in [0.3, 0.4) is 0 Å². The van der Waals surface area contributed by atoms with Crippen LogP contribution in [0.5, 0.6) is 0 Å². The SMILES string of the molecule is Cl.Cl.N[C@@H](Cc1ccc2cccnc2c1)C(=O)OCC(F)(F)F. The van der Waals surface area contributed by atoms with Crippen molar-refractivity contribution in [1.29, 1.82) is 0 Å². The summed E-state index contributed by atoms with van der Waals surface area (Å²) in [6.45, 7) is -1.63. The number of ether oxygens (including phenoxy) is 1. The lowest BCUT2D eigenvalue weighted by molar-refractivity contribution is -0.187. The highest BCUT2D eigenvalue weighted by Gasteiger charge is 2.30. The van der Waals surface area contributed by atoms with E-state index in [4.69, 9.17) is 5.73 Å². The van der Waals surface area contributed by atoms with Crippen LogP contribution >= 0.6 is 24.8 Å². The first-order chi connectivity index (χ1) is 9.85. The van der Waals surface area contributed by atoms with Crippen LogP contribution in [0.25, 0.3) is 10.9 Å². The Morgan fingerprint density at radius 2 is 1.96 bits per heavy atom. The molecule has 0 spiro atoms. The van der Waals surface area contributed by atoms with Crippen LogP contribution in [-0.2, 0) is 16.0 Å². The predicted octanol–water partition coefficient (Wildman–Crippen LogP) is 3.05. The van der Waals surface area contributed by atoms with E-state index in [-0.39, 0.29) is 31.2 Å². The topological polar surface area (TPSA) is 65.2 Å². The fourth-order valence-corrected chi connectivity index (χ4v) is 1.84. The van der Waals surface area contributed by atoms with E-state index >= 15 is 0 Å². The molecule has 0 fully saturated rings. The first-order valence-corrected chi connectivity index (χ1v) is 6.18. The summed E-state index contributed by atoms with van der Waals surface area (Å²) >= 11 is 0. The molecule has 1 atom stereocenters. The molecule has 0 radical (unpaired) electrons. The van der Waals surface area contributed by atoms with Crippen LogP contribution in [0.4, 0.5) is 13.2 Å². The van der Waals surface area contributed by atoms with Crippen LogP contribution in [0, 0.1) is 0 Å². The standard InChI is InChI=1S/C14H13F3N2O2.2ClH/c15-14(16,17)8-21-13(20)11(18)6-9-3-4-10-2-1-5-19-12(10)7-9;;/h1-5,7,11H,6,8,18H2;2*1H/t11-;;/m0../s1. The van der Waals surface area contributed by atoms with Gasteiger partial charge in [-0.2, -0.15) is 13.2 Å². The average Bonchev–Trinajstić information content (AvgIpc) is 2.43. The van der Waals surface area contributed by atoms with Crippen molar-refractivity contribution in [1.82, 2.24) is 4.98 Å². The Morgan fingerprint density at radius 3 is 2.61 bits per heavy atom. The molecular weight excluding hydrogens is 356 g/mol. The number of benzene rings is 1. The van der Waals surface area contributed by atoms with E-state index in [1.165, 1.54) is 0 Å². The quantitative estimate of drug-likeness (QED) is 0.840. The number of halogens is 5. The van der Waals surface area contributed by atoms with Gasteiger partial charge in [0.1, 0.15) is 6.04 Å². The van der Waals surface area contributed by atoms with Crippen molar-refractivity contribution in [2.24, 2.45) is 5.73 Å². The largest absolute Gasteiger partial charge is 0.455 e. The third kappa shape index (κ3) is 6.60. The molecule has 1 heterocycles. The molecule has 1 aromatic heterocycles. The molecule has 9 heteroatoms. The molecule has 0 aliphatic rings. The van der Waals surface area contributed by atoms with Gasteiger partial charge < -0.3 is 10.5 Å². The van der Waals surface area contributed by atoms with Crippen molar-refractivity contribution in [2.75, 3.05) is 6.61 Å². The number of alkyl halides is 3. The second-order valence-corrected chi connectivity index (χ2v) is 4.56. The summed E-state index contributed by atoms with van der Waals surface area (Å²) < 4.78 is 40.0. The van der Waals surface area contributed by atoms with Gasteiger partial charge in [0.25, 0.3) is 0 Å². The van der Waals surface area contributed by atoms with Crippen LogP contribution < -0.4 is 5.73 Å². The minimum atomic E-state index is -4.55. The van der Waals surface area contributed by atoms with Crippen molar-refractivity contribution < 1.29 is 22.7 Å². The molecule has 1 aromatic carbocycles. The maximum Gasteiger partial charge on any atom is 0.422 e. The van der Waals surface area contributed by atoms with Gasteiger partial charge in [0.15, 0.2) is 6.61 Å². The van der Waals surface area contributed by atoms with Crippen molar-refractivity contribution in [3.63, 3.8) is 0 Å². The van der Waals surface area contributed by atoms with Crippen LogP contribution in [0.2, 0.25) is 0 Å². The Bertz CT molecular complexity index is 653. The number of carbonyl (C=O) groups is 1. The lowest BCUT2D eigenvalue weighted by Gasteiger charge is -2.13. The van der Waals surface area contributed by atoms with Crippen LogP contribution in [0.15, 0.2) is 36.5 Å². The number of hydrogen-bond donors (Lipinski definition) is 1. The Kier molecular flexibility index (Phi) is 8.30. The van der Waals surface area contributed by atoms with E-state index in [9.17, 15) is 18.0 Å². The van der Waals surface area contributed by atoms with Gasteiger partial charge in [-0.15, -0.1) is 24.8 Å². The lowest BCUT2D eigenvalue weighted by Crippen LogP contribution is -2.36. The number of fused-ring (bicyclic) bond motifs is 1. The summed E-state index contributed by atoms with van der Waals surface area (Å²) in [5, 5.41) is 0.925. The molecule has 23 heavy (non-hydrogen) atoms. The molecule has 0 aliphatic heterocycles. The molecule has 0 amide bonds. The molecule has 0 aliphatic carbocycles. The monoisotopic (exact) mass is 370 g/mol. The zero-order valence-corrected chi connectivity index (χ0v) is 13.4. The third-order valence-corrected chi connectivity index (χ3v) is 2.81. The maximum absolute atomic E-state index is 12.0. The first kappa shape index (κ1) is 21.4. The first-order valence-electron chi connectivity index (χ1n) is 6.18. The molecule has 2 N–H and O–H groups in total. The van der Waals surface area contributed by atoms with Crippen molar-refractivity contribution in [3.8, 4) is 0 Å². The van der Waals surface area contributed by atoms with Crippen LogP contribution in [0.1, 0.15) is 5.56 Å². The van der Waals surface area contributed by atoms with E-state index in [0.717, 1.165) is 10.9 Å². The van der Waals surface area contributed by atoms with Gasteiger partial charge in [0.2, 0.25) is 0 Å². The molecule has 2 aromatic rings. The number of pyridine rings is 1. The fourth-order valence-electron chi connectivity index (χ4n) is 1.84. The summed E-state index contributed by atoms with van der Waals surface area (Å²) in [4.78, 5) is 15.6. The highest BCUT2D eigenvalue weighted by molar-refractivity contribution is 5.85. The van der Waals surface area contributed by atoms with E-state index in [2.05, 4.69) is 9.72 Å². The molecule has 0 saturated heterocycles. The molecule has 128 valence electrons. The van der Waals surface area contributed by atoms with E-state index < -0.39 is 24.8 Å². The normalized spacial score (nSPS) is 12.0. The van der Waals surface area contributed by atoms with Crippen LogP contribution in [-0.4, -0.2) is 29.8 Å². The summed E-state index contributed by atoms with van der Waals surface area (Å²) in [5.41, 5.74) is 6.99. The Hall–Kier alpha value is -1.57. The van der Waals surface area contributed by atoms with E-state index in [0.29, 0.717) is 5.56 Å². The Labute approximate surface area is 143 Å². The number of nitrogens with two attached hydrogens (primary N) is 1. The van der Waals surface area contributed by atoms with Gasteiger partial charge >= 0.3 is 12.1 Å². The second kappa shape index (κ2) is 8.90. The number of rotatable bonds is 4. The predicted molar refractivity (Wildman–Crippen MR) is 84.9 cm³/mol. The zero-order chi connectivity index (χ0) is 15.5. The summed E-state index contributed by atoms with van der Waals surface area (Å²) in [5.74, 6) is -1.08. The van der Waals surface area contributed by atoms with Gasteiger partial charge in [-0.3, -0.25) is 9.78 Å². The van der Waals surface area contributed by atoms with E-state index in [1.807, 2.05) is 12.1 Å². The number of aromatic nitrogens is 1. The van der Waals surface area contributed by atoms with Gasteiger partial charge in [0.05, 0.1) is 5.52 Å². The summed E-state index contributed by atoms with van der Waals surface area (Å²) in [6, 6.07) is 7.83. The molecule has 2 rings (SSSR count). The number of nitrogens with zero attached hydrogens (tertiary/aromatic N) is 1. The molecule has 0 bridgehead atoms. The Balaban J connectivity index is 0.00000242. The molecule has 4 nitrogen and oxygen atoms in total. The van der Waals surface area contributed by atoms with E-state index in [1.54, 1.807) is 24.4 Å². The van der Waals surface area contributed by atoms with Gasteiger partial charge in [-0.1, -0.05) is 18.2 Å². The Morgan fingerprint density at radius 1 is 1.26 bits per heavy atom. The molecule has 0 unspecified atom stereocenters. The number of esters is 1.